The van der Waals surface area contributed by atoms with Gasteiger partial charge < -0.3 is 4.74 Å². The SMILES string of the molecule is CCCCCCCC(=O)/C=C/C=C/CC(C)OC(C)=O. The number of carbonyl (C=O) groups is 2. The average molecular weight is 280 g/mol. The maximum absolute atomic E-state index is 11.5. The molecule has 3 nitrogen and oxygen atoms in total. The van der Waals surface area contributed by atoms with Crippen molar-refractivity contribution in [3.05, 3.63) is 24.3 Å². The van der Waals surface area contributed by atoms with E-state index in [9.17, 15) is 9.59 Å². The molecule has 0 aliphatic heterocycles. The van der Waals surface area contributed by atoms with Crippen LogP contribution in [0.15, 0.2) is 24.3 Å². The van der Waals surface area contributed by atoms with E-state index in [1.54, 1.807) is 12.2 Å². The second-order valence-electron chi connectivity index (χ2n) is 5.07. The molecule has 1 unspecified atom stereocenters. The Hall–Kier alpha value is -1.38. The molecule has 0 rings (SSSR count). The molecule has 0 aromatic carbocycles. The number of ether oxygens (including phenoxy) is 1. The van der Waals surface area contributed by atoms with E-state index in [2.05, 4.69) is 6.92 Å². The maximum atomic E-state index is 11.5. The molecule has 3 heteroatoms. The lowest BCUT2D eigenvalue weighted by Gasteiger charge is -2.07. The largest absolute Gasteiger partial charge is 0.463 e. The lowest BCUT2D eigenvalue weighted by molar-refractivity contribution is -0.145. The minimum Gasteiger partial charge on any atom is -0.463 e. The molecule has 0 aliphatic rings. The molecule has 0 radical (unpaired) electrons. The summed E-state index contributed by atoms with van der Waals surface area (Å²) in [6, 6.07) is 0. The summed E-state index contributed by atoms with van der Waals surface area (Å²) in [4.78, 5) is 22.2. The number of rotatable bonds is 11. The van der Waals surface area contributed by atoms with Crippen LogP contribution in [0.1, 0.15) is 65.7 Å². The maximum Gasteiger partial charge on any atom is 0.302 e. The van der Waals surface area contributed by atoms with Gasteiger partial charge in [-0.15, -0.1) is 0 Å². The van der Waals surface area contributed by atoms with Crippen molar-refractivity contribution in [2.75, 3.05) is 0 Å². The number of carbonyl (C=O) groups excluding carboxylic acids is 2. The molecule has 0 heterocycles. The molecule has 0 amide bonds. The fourth-order valence-electron chi connectivity index (χ4n) is 1.83. The second kappa shape index (κ2) is 12.6. The summed E-state index contributed by atoms with van der Waals surface area (Å²) in [5.74, 6) is -0.0844. The average Bonchev–Trinajstić information content (AvgIpc) is 2.37. The first-order valence-corrected chi connectivity index (χ1v) is 7.59. The number of ketones is 1. The molecule has 20 heavy (non-hydrogen) atoms. The van der Waals surface area contributed by atoms with Gasteiger partial charge in [-0.05, 0) is 19.4 Å². The van der Waals surface area contributed by atoms with Crippen LogP contribution in [-0.4, -0.2) is 17.9 Å². The fraction of sp³-hybridized carbons (Fsp3) is 0.647. The predicted molar refractivity (Wildman–Crippen MR) is 82.5 cm³/mol. The summed E-state index contributed by atoms with van der Waals surface area (Å²) in [7, 11) is 0. The molecule has 0 fully saturated rings. The van der Waals surface area contributed by atoms with Gasteiger partial charge in [0.15, 0.2) is 5.78 Å². The molecule has 114 valence electrons. The predicted octanol–water partition coefficient (Wildman–Crippen LogP) is 4.37. The number of esters is 1. The first kappa shape index (κ1) is 18.6. The number of allylic oxidation sites excluding steroid dienone is 3. The van der Waals surface area contributed by atoms with Crippen LogP contribution in [0.2, 0.25) is 0 Å². The lowest BCUT2D eigenvalue weighted by Crippen LogP contribution is -2.10. The van der Waals surface area contributed by atoms with Crippen LogP contribution in [0, 0.1) is 0 Å². The molecular weight excluding hydrogens is 252 g/mol. The van der Waals surface area contributed by atoms with Gasteiger partial charge in [-0.2, -0.15) is 0 Å². The van der Waals surface area contributed by atoms with Crippen LogP contribution in [0.3, 0.4) is 0 Å². The fourth-order valence-corrected chi connectivity index (χ4v) is 1.83. The van der Waals surface area contributed by atoms with Gasteiger partial charge in [0, 0.05) is 19.8 Å². The van der Waals surface area contributed by atoms with E-state index >= 15 is 0 Å². The lowest BCUT2D eigenvalue weighted by atomic mass is 10.1. The first-order chi connectivity index (χ1) is 9.56. The first-order valence-electron chi connectivity index (χ1n) is 7.59. The molecule has 0 saturated carbocycles. The second-order valence-corrected chi connectivity index (χ2v) is 5.07. The van der Waals surface area contributed by atoms with Crippen molar-refractivity contribution in [2.24, 2.45) is 0 Å². The van der Waals surface area contributed by atoms with Gasteiger partial charge in [-0.3, -0.25) is 9.59 Å². The quantitative estimate of drug-likeness (QED) is 0.244. The summed E-state index contributed by atoms with van der Waals surface area (Å²) in [6.07, 6.45) is 14.1. The molecule has 0 aromatic rings. The van der Waals surface area contributed by atoms with Crippen LogP contribution in [-0.2, 0) is 14.3 Å². The van der Waals surface area contributed by atoms with Gasteiger partial charge in [-0.25, -0.2) is 0 Å². The third-order valence-electron chi connectivity index (χ3n) is 2.89. The number of unbranched alkanes of at least 4 members (excludes halogenated alkanes) is 4. The standard InChI is InChI=1S/C17H28O3/c1-4-5-6-7-10-13-17(19)14-11-8-9-12-15(2)20-16(3)18/h8-9,11,14-15H,4-7,10,12-13H2,1-3H3/b9-8+,14-11+. The zero-order valence-corrected chi connectivity index (χ0v) is 13.1. The van der Waals surface area contributed by atoms with Gasteiger partial charge in [0.2, 0.25) is 0 Å². The summed E-state index contributed by atoms with van der Waals surface area (Å²) >= 11 is 0. The molecule has 0 aromatic heterocycles. The smallest absolute Gasteiger partial charge is 0.302 e. The highest BCUT2D eigenvalue weighted by atomic mass is 16.5. The minimum atomic E-state index is -0.264. The number of hydrogen-bond acceptors (Lipinski definition) is 3. The topological polar surface area (TPSA) is 43.4 Å². The summed E-state index contributed by atoms with van der Waals surface area (Å²) in [5.41, 5.74) is 0. The molecule has 0 bridgehead atoms. The molecule has 1 atom stereocenters. The normalized spacial score (nSPS) is 12.9. The Balaban J connectivity index is 3.67. The summed E-state index contributed by atoms with van der Waals surface area (Å²) < 4.78 is 4.98. The highest BCUT2D eigenvalue weighted by molar-refractivity contribution is 5.89. The van der Waals surface area contributed by atoms with E-state index in [4.69, 9.17) is 4.74 Å². The highest BCUT2D eigenvalue weighted by Crippen LogP contribution is 2.05. The molecule has 0 aliphatic carbocycles. The Kier molecular flexibility index (Phi) is 11.8. The van der Waals surface area contributed by atoms with Crippen LogP contribution >= 0.6 is 0 Å². The summed E-state index contributed by atoms with van der Waals surface area (Å²) in [6.45, 7) is 5.43. The Morgan fingerprint density at radius 1 is 1.10 bits per heavy atom. The molecular formula is C17H28O3. The van der Waals surface area contributed by atoms with Crippen molar-refractivity contribution in [3.63, 3.8) is 0 Å². The highest BCUT2D eigenvalue weighted by Gasteiger charge is 2.01. The van der Waals surface area contributed by atoms with Gasteiger partial charge >= 0.3 is 5.97 Å². The van der Waals surface area contributed by atoms with Crippen molar-refractivity contribution in [2.45, 2.75) is 71.8 Å². The Morgan fingerprint density at radius 3 is 2.45 bits per heavy atom. The number of hydrogen-bond donors (Lipinski definition) is 0. The third-order valence-corrected chi connectivity index (χ3v) is 2.89. The minimum absolute atomic E-state index is 0.119. The van der Waals surface area contributed by atoms with E-state index in [0.717, 1.165) is 12.8 Å². The molecule has 0 saturated heterocycles. The summed E-state index contributed by atoms with van der Waals surface area (Å²) in [5, 5.41) is 0. The Labute approximate surface area is 123 Å². The van der Waals surface area contributed by atoms with E-state index in [-0.39, 0.29) is 17.9 Å². The van der Waals surface area contributed by atoms with Crippen molar-refractivity contribution in [1.82, 2.24) is 0 Å². The molecule has 0 spiro atoms. The van der Waals surface area contributed by atoms with E-state index < -0.39 is 0 Å². The molecule has 0 N–H and O–H groups in total. The Morgan fingerprint density at radius 2 is 1.80 bits per heavy atom. The van der Waals surface area contributed by atoms with Crippen molar-refractivity contribution in [1.29, 1.82) is 0 Å². The Bertz CT molecular complexity index is 329. The van der Waals surface area contributed by atoms with E-state index in [1.807, 2.05) is 19.1 Å². The van der Waals surface area contributed by atoms with Crippen molar-refractivity contribution >= 4 is 11.8 Å². The van der Waals surface area contributed by atoms with Crippen LogP contribution < -0.4 is 0 Å². The van der Waals surface area contributed by atoms with Crippen LogP contribution in [0.25, 0.3) is 0 Å². The van der Waals surface area contributed by atoms with Gasteiger partial charge in [0.1, 0.15) is 6.10 Å². The third kappa shape index (κ3) is 13.1. The van der Waals surface area contributed by atoms with Gasteiger partial charge in [0.05, 0.1) is 0 Å². The zero-order valence-electron chi connectivity index (χ0n) is 13.1. The van der Waals surface area contributed by atoms with Crippen LogP contribution in [0.4, 0.5) is 0 Å². The van der Waals surface area contributed by atoms with E-state index in [1.165, 1.54) is 26.2 Å². The van der Waals surface area contributed by atoms with E-state index in [0.29, 0.717) is 12.8 Å². The van der Waals surface area contributed by atoms with Gasteiger partial charge in [0.25, 0.3) is 0 Å². The van der Waals surface area contributed by atoms with Crippen LogP contribution in [0.5, 0.6) is 0 Å². The monoisotopic (exact) mass is 280 g/mol. The van der Waals surface area contributed by atoms with Crippen molar-refractivity contribution in [3.8, 4) is 0 Å². The van der Waals surface area contributed by atoms with Gasteiger partial charge in [-0.1, -0.05) is 50.8 Å². The zero-order chi connectivity index (χ0) is 15.2. The van der Waals surface area contributed by atoms with Crippen molar-refractivity contribution < 1.29 is 14.3 Å².